The van der Waals surface area contributed by atoms with Crippen molar-refractivity contribution in [3.05, 3.63) is 142 Å². The fraction of sp³-hybridized carbons (Fsp3) is 0.234. The van der Waals surface area contributed by atoms with Crippen molar-refractivity contribution in [3.8, 4) is 0 Å². The lowest BCUT2D eigenvalue weighted by Crippen LogP contribution is -2.35. The van der Waals surface area contributed by atoms with Gasteiger partial charge in [0.1, 0.15) is 30.1 Å². The van der Waals surface area contributed by atoms with Gasteiger partial charge in [-0.15, -0.1) is 0 Å². The van der Waals surface area contributed by atoms with Crippen molar-refractivity contribution in [1.82, 2.24) is 30.6 Å². The van der Waals surface area contributed by atoms with Crippen molar-refractivity contribution in [2.45, 2.75) is 38.0 Å². The third-order valence-corrected chi connectivity index (χ3v) is 13.2. The quantitative estimate of drug-likeness (QED) is 0.148. The van der Waals surface area contributed by atoms with Gasteiger partial charge in [-0.25, -0.2) is 24.3 Å². The monoisotopic (exact) mass is 864 g/mol. The van der Waals surface area contributed by atoms with Crippen LogP contribution in [0.3, 0.4) is 0 Å². The summed E-state index contributed by atoms with van der Waals surface area (Å²) in [5, 5.41) is 5.75. The lowest BCUT2D eigenvalue weighted by Gasteiger charge is -2.33. The van der Waals surface area contributed by atoms with Crippen molar-refractivity contribution in [2.24, 2.45) is 5.92 Å². The van der Waals surface area contributed by atoms with Gasteiger partial charge in [-0.2, -0.15) is 0 Å². The number of halogens is 1. The first-order chi connectivity index (χ1) is 30.2. The number of amides is 4. The molecule has 0 atom stereocenters. The maximum absolute atomic E-state index is 13.2. The van der Waals surface area contributed by atoms with E-state index in [9.17, 15) is 23.6 Å². The molecule has 4 aliphatic heterocycles. The molecule has 4 aromatic carbocycles. The molecule has 312 valence electrons. The molecule has 0 bridgehead atoms. The van der Waals surface area contributed by atoms with Gasteiger partial charge in [0.05, 0.1) is 20.8 Å². The Labute approximate surface area is 365 Å². The Morgan fingerprint density at radius 3 is 1.60 bits per heavy atom. The Bertz CT molecular complexity index is 2750. The number of anilines is 2. The zero-order chi connectivity index (χ0) is 42.6. The molecule has 2 aromatic heterocycles. The molecule has 10 rings (SSSR count). The predicted octanol–water partition coefficient (Wildman–Crippen LogP) is 8.89. The first kappa shape index (κ1) is 40.9. The summed E-state index contributed by atoms with van der Waals surface area (Å²) in [7, 11) is 0. The van der Waals surface area contributed by atoms with Gasteiger partial charge in [-0.05, 0) is 138 Å². The lowest BCUT2D eigenvalue weighted by molar-refractivity contribution is -0.116. The number of piperidine rings is 2. The molecular formula is C47H41FN8O4S2. The molecule has 62 heavy (non-hydrogen) atoms. The molecule has 4 amide bonds. The molecule has 0 unspecified atom stereocenters. The summed E-state index contributed by atoms with van der Waals surface area (Å²) in [4.78, 5) is 69.9. The van der Waals surface area contributed by atoms with Crippen LogP contribution in [0.4, 0.5) is 25.6 Å². The number of hydrogen-bond acceptors (Lipinski definition) is 12. The second kappa shape index (κ2) is 18.3. The molecule has 4 aliphatic rings. The number of imide groups is 2. The van der Waals surface area contributed by atoms with Crippen molar-refractivity contribution in [1.29, 1.82) is 0 Å². The number of nitrogens with zero attached hydrogens (tertiary/aromatic N) is 6. The van der Waals surface area contributed by atoms with Gasteiger partial charge in [-0.3, -0.25) is 29.8 Å². The number of benzene rings is 4. The van der Waals surface area contributed by atoms with Crippen molar-refractivity contribution in [3.63, 3.8) is 0 Å². The average Bonchev–Trinajstić information content (AvgIpc) is 3.79. The smallest absolute Gasteiger partial charge is 0.290 e. The molecule has 15 heteroatoms. The normalized spacial score (nSPS) is 18.7. The van der Waals surface area contributed by atoms with Gasteiger partial charge in [0.25, 0.3) is 22.3 Å². The van der Waals surface area contributed by atoms with E-state index in [1.165, 1.54) is 23.3 Å². The highest BCUT2D eigenvalue weighted by molar-refractivity contribution is 8.18. The standard InChI is InChI=1S/C24H22N4O2S.C23H19FN4O2S/c29-23-21(31-24(30)27-23)14-18-6-7-20-19(13-18)22(26-15-25-20)28-10-8-17(9-11-28)12-16-4-2-1-3-5-16;24-17-4-2-15(3-5-17)16-7-9-28(10-8-16)21-18-11-14(1-6-19(18)25-13-26-21)12-20-22(29)27-23(30)31-20/h1-7,13-15,17H,8-12H2,(H,27,29,30);1-6,11-13,16H,7-10H2,(H,27,29,30). The molecule has 4 fully saturated rings. The number of rotatable bonds is 7. The van der Waals surface area contributed by atoms with E-state index in [0.717, 1.165) is 126 Å². The SMILES string of the molecule is O=C1NC(=O)C(=Cc2ccc3ncnc(N4CCC(Cc5ccccc5)CC4)c3c2)S1.O=C1NC(=O)C(=Cc2ccc3ncnc(N4CCC(c5ccc(F)cc5)CC4)c3c2)S1. The Morgan fingerprint density at radius 1 is 0.613 bits per heavy atom. The summed E-state index contributed by atoms with van der Waals surface area (Å²) >= 11 is 1.83. The van der Waals surface area contributed by atoms with Crippen LogP contribution in [0.15, 0.2) is 113 Å². The maximum atomic E-state index is 13.2. The number of hydrogen-bond donors (Lipinski definition) is 2. The fourth-order valence-corrected chi connectivity index (χ4v) is 9.77. The Hall–Kier alpha value is -6.45. The van der Waals surface area contributed by atoms with Crippen LogP contribution in [0.1, 0.15) is 53.9 Å². The van der Waals surface area contributed by atoms with E-state index in [1.807, 2.05) is 48.5 Å². The molecule has 0 saturated carbocycles. The number of carbonyl (C=O) groups is 4. The zero-order valence-electron chi connectivity index (χ0n) is 33.5. The topological polar surface area (TPSA) is 150 Å². The maximum Gasteiger partial charge on any atom is 0.290 e. The minimum atomic E-state index is -0.373. The third kappa shape index (κ3) is 9.38. The molecule has 6 aromatic rings. The van der Waals surface area contributed by atoms with Crippen LogP contribution in [0.2, 0.25) is 0 Å². The van der Waals surface area contributed by atoms with Crippen LogP contribution in [0, 0.1) is 11.7 Å². The minimum Gasteiger partial charge on any atom is -0.356 e. The number of aromatic nitrogens is 4. The van der Waals surface area contributed by atoms with Gasteiger partial charge < -0.3 is 9.80 Å². The van der Waals surface area contributed by atoms with E-state index in [2.05, 4.69) is 70.7 Å². The van der Waals surface area contributed by atoms with E-state index in [4.69, 9.17) is 0 Å². The summed E-state index contributed by atoms with van der Waals surface area (Å²) in [6, 6.07) is 29.1. The summed E-state index contributed by atoms with van der Waals surface area (Å²) in [5.41, 5.74) is 5.94. The van der Waals surface area contributed by atoms with E-state index in [1.54, 1.807) is 24.8 Å². The largest absolute Gasteiger partial charge is 0.356 e. The summed E-state index contributed by atoms with van der Waals surface area (Å²) in [5.74, 6) is 1.95. The van der Waals surface area contributed by atoms with E-state index in [-0.39, 0.29) is 28.1 Å². The predicted molar refractivity (Wildman–Crippen MR) is 243 cm³/mol. The van der Waals surface area contributed by atoms with Crippen LogP contribution >= 0.6 is 23.5 Å². The second-order valence-corrected chi connectivity index (χ2v) is 17.6. The number of fused-ring (bicyclic) bond motifs is 2. The number of carbonyl (C=O) groups excluding carboxylic acids is 4. The molecule has 4 saturated heterocycles. The van der Waals surface area contributed by atoms with Crippen molar-refractivity contribution < 1.29 is 23.6 Å². The minimum absolute atomic E-state index is 0.211. The number of thioether (sulfide) groups is 2. The highest BCUT2D eigenvalue weighted by atomic mass is 32.2. The van der Waals surface area contributed by atoms with Crippen LogP contribution < -0.4 is 20.4 Å². The van der Waals surface area contributed by atoms with E-state index in [0.29, 0.717) is 21.6 Å². The first-order valence-electron chi connectivity index (χ1n) is 20.5. The molecule has 0 spiro atoms. The molecule has 0 aliphatic carbocycles. The highest BCUT2D eigenvalue weighted by Gasteiger charge is 2.28. The summed E-state index contributed by atoms with van der Waals surface area (Å²) in [6.45, 7) is 3.60. The lowest BCUT2D eigenvalue weighted by atomic mass is 9.89. The van der Waals surface area contributed by atoms with E-state index < -0.39 is 0 Å². The van der Waals surface area contributed by atoms with Crippen LogP contribution in [-0.4, -0.2) is 68.4 Å². The van der Waals surface area contributed by atoms with Gasteiger partial charge >= 0.3 is 0 Å². The second-order valence-electron chi connectivity index (χ2n) is 15.6. The molecular weight excluding hydrogens is 824 g/mol. The van der Waals surface area contributed by atoms with E-state index >= 15 is 0 Å². The zero-order valence-corrected chi connectivity index (χ0v) is 35.1. The molecule has 6 heterocycles. The average molecular weight is 865 g/mol. The Balaban J connectivity index is 0.000000158. The van der Waals surface area contributed by atoms with Gasteiger partial charge in [0, 0.05) is 37.0 Å². The highest BCUT2D eigenvalue weighted by Crippen LogP contribution is 2.35. The molecule has 12 nitrogen and oxygen atoms in total. The van der Waals surface area contributed by atoms with Crippen LogP contribution in [-0.2, 0) is 16.0 Å². The Morgan fingerprint density at radius 2 is 1.11 bits per heavy atom. The Kier molecular flexibility index (Phi) is 12.1. The summed E-state index contributed by atoms with van der Waals surface area (Å²) < 4.78 is 13.2. The van der Waals surface area contributed by atoms with Gasteiger partial charge in [0.2, 0.25) is 0 Å². The van der Waals surface area contributed by atoms with Crippen LogP contribution in [0.25, 0.3) is 34.0 Å². The van der Waals surface area contributed by atoms with Gasteiger partial charge in [0.15, 0.2) is 0 Å². The summed E-state index contributed by atoms with van der Waals surface area (Å²) in [6.07, 6.45) is 11.9. The number of nitrogens with one attached hydrogen (secondary N) is 2. The van der Waals surface area contributed by atoms with Crippen molar-refractivity contribution >= 4 is 91.4 Å². The third-order valence-electron chi connectivity index (χ3n) is 11.6. The van der Waals surface area contributed by atoms with Crippen LogP contribution in [0.5, 0.6) is 0 Å². The van der Waals surface area contributed by atoms with Gasteiger partial charge in [-0.1, -0.05) is 54.6 Å². The van der Waals surface area contributed by atoms with Crippen molar-refractivity contribution in [2.75, 3.05) is 36.0 Å². The molecule has 0 radical (unpaired) electrons. The fourth-order valence-electron chi connectivity index (χ4n) is 8.41. The first-order valence-corrected chi connectivity index (χ1v) is 22.1. The molecule has 2 N–H and O–H groups in total.